The molecule has 1 aromatic heterocycles. The predicted molar refractivity (Wildman–Crippen MR) is 82.3 cm³/mol. The topological polar surface area (TPSA) is 25.2 Å². The molecule has 1 heterocycles. The predicted octanol–water partition coefficient (Wildman–Crippen LogP) is 5.07. The van der Waals surface area contributed by atoms with E-state index in [0.29, 0.717) is 0 Å². The van der Waals surface area contributed by atoms with E-state index in [1.165, 1.54) is 11.1 Å². The first kappa shape index (κ1) is 14.4. The molecule has 2 nitrogen and oxygen atoms in total. The Kier molecular flexibility index (Phi) is 4.48. The summed E-state index contributed by atoms with van der Waals surface area (Å²) >= 11 is 3.60. The van der Waals surface area contributed by atoms with Gasteiger partial charge in [-0.15, -0.1) is 0 Å². The summed E-state index contributed by atoms with van der Waals surface area (Å²) in [4.78, 5) is 0. The zero-order valence-corrected chi connectivity index (χ0v) is 13.4. The van der Waals surface area contributed by atoms with Crippen LogP contribution >= 0.6 is 15.9 Å². The van der Waals surface area contributed by atoms with Crippen molar-refractivity contribution in [3.63, 3.8) is 0 Å². The number of halogens is 1. The molecule has 0 saturated carbocycles. The standard InChI is InChI=1S/C16H20BrNO/c1-10-9-15(13(4)19-10)12(3)18-11(2)14-7-5-6-8-16(14)17/h5-9,11-12,18H,1-4H3/t11-,12?/m1/s1. The van der Waals surface area contributed by atoms with Crippen molar-refractivity contribution < 1.29 is 4.42 Å². The van der Waals surface area contributed by atoms with Gasteiger partial charge in [0.1, 0.15) is 11.5 Å². The molecule has 0 radical (unpaired) electrons. The monoisotopic (exact) mass is 321 g/mol. The molecule has 0 spiro atoms. The molecule has 0 amide bonds. The van der Waals surface area contributed by atoms with Crippen molar-refractivity contribution in [2.24, 2.45) is 0 Å². The largest absolute Gasteiger partial charge is 0.466 e. The first-order valence-corrected chi connectivity index (χ1v) is 7.35. The fraction of sp³-hybridized carbons (Fsp3) is 0.375. The molecular formula is C16H20BrNO. The fourth-order valence-electron chi connectivity index (χ4n) is 2.46. The summed E-state index contributed by atoms with van der Waals surface area (Å²) in [6, 6.07) is 11.0. The zero-order valence-electron chi connectivity index (χ0n) is 11.8. The third-order valence-electron chi connectivity index (χ3n) is 3.42. The quantitative estimate of drug-likeness (QED) is 0.850. The molecule has 19 heavy (non-hydrogen) atoms. The van der Waals surface area contributed by atoms with Crippen molar-refractivity contribution in [2.75, 3.05) is 0 Å². The molecular weight excluding hydrogens is 302 g/mol. The maximum atomic E-state index is 5.60. The minimum absolute atomic E-state index is 0.263. The highest BCUT2D eigenvalue weighted by Gasteiger charge is 2.16. The summed E-state index contributed by atoms with van der Waals surface area (Å²) in [7, 11) is 0. The number of benzene rings is 1. The number of nitrogens with one attached hydrogen (secondary N) is 1. The van der Waals surface area contributed by atoms with Crippen LogP contribution in [-0.2, 0) is 0 Å². The van der Waals surface area contributed by atoms with E-state index in [-0.39, 0.29) is 12.1 Å². The third kappa shape index (κ3) is 3.28. The van der Waals surface area contributed by atoms with Crippen LogP contribution in [0.2, 0.25) is 0 Å². The van der Waals surface area contributed by atoms with Crippen LogP contribution in [0.3, 0.4) is 0 Å². The van der Waals surface area contributed by atoms with Gasteiger partial charge in [-0.3, -0.25) is 0 Å². The van der Waals surface area contributed by atoms with Crippen molar-refractivity contribution in [3.8, 4) is 0 Å². The smallest absolute Gasteiger partial charge is 0.105 e. The van der Waals surface area contributed by atoms with Gasteiger partial charge < -0.3 is 9.73 Å². The summed E-state index contributed by atoms with van der Waals surface area (Å²) in [6.07, 6.45) is 0. The second-order valence-corrected chi connectivity index (χ2v) is 5.85. The normalized spacial score (nSPS) is 14.4. The molecule has 1 aromatic carbocycles. The molecule has 2 rings (SSSR count). The SMILES string of the molecule is Cc1cc(C(C)N[C@H](C)c2ccccc2Br)c(C)o1. The Morgan fingerprint density at radius 2 is 1.68 bits per heavy atom. The highest BCUT2D eigenvalue weighted by Crippen LogP contribution is 2.27. The molecule has 0 aliphatic carbocycles. The lowest BCUT2D eigenvalue weighted by Crippen LogP contribution is -2.22. The molecule has 0 saturated heterocycles. The lowest BCUT2D eigenvalue weighted by atomic mass is 10.0. The van der Waals surface area contributed by atoms with Gasteiger partial charge in [0.05, 0.1) is 0 Å². The summed E-state index contributed by atoms with van der Waals surface area (Å²) in [5, 5.41) is 3.62. The molecule has 0 aliphatic rings. The van der Waals surface area contributed by atoms with E-state index < -0.39 is 0 Å². The maximum absolute atomic E-state index is 5.60. The van der Waals surface area contributed by atoms with E-state index >= 15 is 0 Å². The van der Waals surface area contributed by atoms with Crippen molar-refractivity contribution in [1.82, 2.24) is 5.32 Å². The maximum Gasteiger partial charge on any atom is 0.105 e. The van der Waals surface area contributed by atoms with E-state index in [9.17, 15) is 0 Å². The zero-order chi connectivity index (χ0) is 14.0. The van der Waals surface area contributed by atoms with Crippen LogP contribution in [0.1, 0.15) is 48.6 Å². The molecule has 1 unspecified atom stereocenters. The number of aryl methyl sites for hydroxylation is 2. The summed E-state index contributed by atoms with van der Waals surface area (Å²) in [5.41, 5.74) is 2.50. The van der Waals surface area contributed by atoms with Crippen LogP contribution in [-0.4, -0.2) is 0 Å². The molecule has 0 bridgehead atoms. The molecule has 0 aliphatic heterocycles. The van der Waals surface area contributed by atoms with Gasteiger partial charge in [-0.1, -0.05) is 34.1 Å². The van der Waals surface area contributed by atoms with Gasteiger partial charge in [-0.2, -0.15) is 0 Å². The lowest BCUT2D eigenvalue weighted by molar-refractivity contribution is 0.468. The van der Waals surface area contributed by atoms with E-state index in [2.05, 4.69) is 59.4 Å². The highest BCUT2D eigenvalue weighted by molar-refractivity contribution is 9.10. The second kappa shape index (κ2) is 5.93. The van der Waals surface area contributed by atoms with Crippen LogP contribution in [0.25, 0.3) is 0 Å². The van der Waals surface area contributed by atoms with E-state index in [4.69, 9.17) is 4.42 Å². The second-order valence-electron chi connectivity index (χ2n) is 5.00. The van der Waals surface area contributed by atoms with Crippen molar-refractivity contribution in [3.05, 3.63) is 57.5 Å². The molecule has 2 aromatic rings. The molecule has 0 fully saturated rings. The fourth-order valence-corrected chi connectivity index (χ4v) is 3.09. The minimum Gasteiger partial charge on any atom is -0.466 e. The van der Waals surface area contributed by atoms with E-state index in [0.717, 1.165) is 16.0 Å². The van der Waals surface area contributed by atoms with Crippen molar-refractivity contribution in [2.45, 2.75) is 39.8 Å². The highest BCUT2D eigenvalue weighted by atomic mass is 79.9. The average molecular weight is 322 g/mol. The van der Waals surface area contributed by atoms with Crippen LogP contribution in [0, 0.1) is 13.8 Å². The van der Waals surface area contributed by atoms with Crippen LogP contribution in [0.5, 0.6) is 0 Å². The van der Waals surface area contributed by atoms with Gasteiger partial charge in [0.15, 0.2) is 0 Å². The molecule has 1 N–H and O–H groups in total. The Bertz CT molecular complexity index is 562. The van der Waals surface area contributed by atoms with Crippen molar-refractivity contribution >= 4 is 15.9 Å². The van der Waals surface area contributed by atoms with E-state index in [1.807, 2.05) is 19.9 Å². The molecule has 3 heteroatoms. The Morgan fingerprint density at radius 3 is 2.26 bits per heavy atom. The van der Waals surface area contributed by atoms with Gasteiger partial charge in [0, 0.05) is 22.1 Å². The number of rotatable bonds is 4. The first-order valence-electron chi connectivity index (χ1n) is 6.56. The molecule has 2 atom stereocenters. The van der Waals surface area contributed by atoms with Crippen molar-refractivity contribution in [1.29, 1.82) is 0 Å². The van der Waals surface area contributed by atoms with Crippen LogP contribution in [0.15, 0.2) is 39.2 Å². The average Bonchev–Trinajstić information content (AvgIpc) is 2.69. The number of hydrogen-bond donors (Lipinski definition) is 1. The molecule has 102 valence electrons. The Labute approximate surface area is 123 Å². The number of hydrogen-bond acceptors (Lipinski definition) is 2. The lowest BCUT2D eigenvalue weighted by Gasteiger charge is -2.21. The third-order valence-corrected chi connectivity index (χ3v) is 4.14. The summed E-state index contributed by atoms with van der Waals surface area (Å²) < 4.78 is 6.74. The number of furan rings is 1. The Hall–Kier alpha value is -1.06. The Morgan fingerprint density at radius 1 is 1.05 bits per heavy atom. The van der Waals surface area contributed by atoms with Gasteiger partial charge in [0.25, 0.3) is 0 Å². The van der Waals surface area contributed by atoms with Gasteiger partial charge in [-0.05, 0) is 45.4 Å². The van der Waals surface area contributed by atoms with Gasteiger partial charge in [0.2, 0.25) is 0 Å². The van der Waals surface area contributed by atoms with Crippen LogP contribution < -0.4 is 5.32 Å². The minimum atomic E-state index is 0.263. The summed E-state index contributed by atoms with van der Waals surface area (Å²) in [5.74, 6) is 1.96. The van der Waals surface area contributed by atoms with E-state index in [1.54, 1.807) is 0 Å². The van der Waals surface area contributed by atoms with Crippen LogP contribution in [0.4, 0.5) is 0 Å². The first-order chi connectivity index (χ1) is 8.99. The Balaban J connectivity index is 2.13. The van der Waals surface area contributed by atoms with Gasteiger partial charge in [-0.25, -0.2) is 0 Å². The van der Waals surface area contributed by atoms with Gasteiger partial charge >= 0.3 is 0 Å². The summed E-state index contributed by atoms with van der Waals surface area (Å²) in [6.45, 7) is 8.35.